The minimum Gasteiger partial charge on any atom is -0.462 e. The molecule has 6 aliphatic rings. The van der Waals surface area contributed by atoms with Crippen LogP contribution in [0.15, 0.2) is 12.2 Å². The first kappa shape index (κ1) is 24.6. The first-order valence-electron chi connectivity index (χ1n) is 14.5. The number of esters is 2. The summed E-state index contributed by atoms with van der Waals surface area (Å²) >= 11 is 0. The van der Waals surface area contributed by atoms with Crippen LogP contribution in [0.25, 0.3) is 0 Å². The minimum atomic E-state index is -0.400. The van der Waals surface area contributed by atoms with Gasteiger partial charge in [0.05, 0.1) is 0 Å². The Balaban J connectivity index is 1.51. The SMILES string of the molecule is C=C1[C@H]2C[C@@]3([C@@H]1OC(=O)CCC)[C@@H](CC2=O)[C@@]12[C@@H](OC(=O)CCC)CC[C@@]4(C)CN(CC)[C@@H]1[C@@H]3C[C@H]42. The average Bonchev–Trinajstić information content (AvgIpc) is 3.35. The predicted molar refractivity (Wildman–Crippen MR) is 135 cm³/mol. The van der Waals surface area contributed by atoms with Crippen LogP contribution >= 0.6 is 0 Å². The van der Waals surface area contributed by atoms with Gasteiger partial charge < -0.3 is 9.47 Å². The fourth-order valence-electron chi connectivity index (χ4n) is 10.9. The molecule has 0 aromatic rings. The molecule has 36 heavy (non-hydrogen) atoms. The summed E-state index contributed by atoms with van der Waals surface area (Å²) in [6.45, 7) is 15.1. The molecule has 0 unspecified atom stereocenters. The van der Waals surface area contributed by atoms with Gasteiger partial charge in [0.2, 0.25) is 0 Å². The lowest BCUT2D eigenvalue weighted by atomic mass is 9.43. The van der Waals surface area contributed by atoms with Crippen LogP contribution in [-0.2, 0) is 23.9 Å². The average molecular weight is 498 g/mol. The molecule has 0 amide bonds. The van der Waals surface area contributed by atoms with Crippen LogP contribution in [0.3, 0.4) is 0 Å². The summed E-state index contributed by atoms with van der Waals surface area (Å²) in [7, 11) is 0. The Hall–Kier alpha value is -1.69. The molecule has 2 spiro atoms. The quantitative estimate of drug-likeness (QED) is 0.375. The van der Waals surface area contributed by atoms with Gasteiger partial charge in [-0.3, -0.25) is 19.3 Å². The standard InChI is InChI=1S/C30H43NO5/c1-6-9-24(33)35-23-11-12-28(5)16-31(8-3)26-19-13-21(28)30(23,26)22-14-20(32)18-15-29(19,22)27(17(18)4)36-25(34)10-7-2/h18-19,21-23,26-27H,4,6-16H2,1-3,5H3/t18-,19+,21-,22-,23+,26-,27-,28+,29+,30+/m1/s1. The smallest absolute Gasteiger partial charge is 0.306 e. The van der Waals surface area contributed by atoms with Crippen molar-refractivity contribution in [2.45, 2.75) is 104 Å². The molecule has 5 aliphatic carbocycles. The molecule has 6 rings (SSSR count). The highest BCUT2D eigenvalue weighted by atomic mass is 16.6. The highest BCUT2D eigenvalue weighted by Crippen LogP contribution is 2.83. The van der Waals surface area contributed by atoms with Gasteiger partial charge in [-0.15, -0.1) is 0 Å². The van der Waals surface area contributed by atoms with Crippen LogP contribution < -0.4 is 0 Å². The first-order chi connectivity index (χ1) is 17.2. The maximum Gasteiger partial charge on any atom is 0.306 e. The molecule has 0 aromatic heterocycles. The first-order valence-corrected chi connectivity index (χ1v) is 14.5. The fraction of sp³-hybridized carbons (Fsp3) is 0.833. The lowest BCUT2D eigenvalue weighted by molar-refractivity contribution is -0.225. The van der Waals surface area contributed by atoms with Gasteiger partial charge in [0.25, 0.3) is 0 Å². The van der Waals surface area contributed by atoms with Crippen molar-refractivity contribution >= 4 is 17.7 Å². The van der Waals surface area contributed by atoms with E-state index in [4.69, 9.17) is 9.47 Å². The third kappa shape index (κ3) is 2.80. The minimum absolute atomic E-state index is 0.0644. The zero-order valence-electron chi connectivity index (χ0n) is 22.5. The summed E-state index contributed by atoms with van der Waals surface area (Å²) in [5.41, 5.74) is 0.453. The van der Waals surface area contributed by atoms with Crippen molar-refractivity contribution in [3.63, 3.8) is 0 Å². The zero-order chi connectivity index (χ0) is 25.6. The van der Waals surface area contributed by atoms with E-state index >= 15 is 0 Å². The molecule has 5 saturated carbocycles. The van der Waals surface area contributed by atoms with Crippen molar-refractivity contribution in [3.05, 3.63) is 12.2 Å². The van der Waals surface area contributed by atoms with Crippen molar-refractivity contribution in [2.24, 2.45) is 39.9 Å². The Kier molecular flexibility index (Phi) is 5.58. The van der Waals surface area contributed by atoms with Gasteiger partial charge in [0, 0.05) is 48.6 Å². The van der Waals surface area contributed by atoms with Gasteiger partial charge >= 0.3 is 11.9 Å². The molecule has 7 bridgehead atoms. The Morgan fingerprint density at radius 2 is 1.78 bits per heavy atom. The van der Waals surface area contributed by atoms with Crippen LogP contribution in [0.4, 0.5) is 0 Å². The summed E-state index contributed by atoms with van der Waals surface area (Å²) in [5.74, 6) is 0.589. The Labute approximate surface area is 215 Å². The Morgan fingerprint density at radius 1 is 1.08 bits per heavy atom. The lowest BCUT2D eigenvalue weighted by Gasteiger charge is -2.65. The van der Waals surface area contributed by atoms with Crippen molar-refractivity contribution < 1.29 is 23.9 Å². The second-order valence-corrected chi connectivity index (χ2v) is 13.1. The number of rotatable bonds is 7. The van der Waals surface area contributed by atoms with E-state index in [-0.39, 0.29) is 57.9 Å². The number of likely N-dealkylation sites (tertiary alicyclic amines) is 1. The molecule has 0 aromatic carbocycles. The molecule has 6 nitrogen and oxygen atoms in total. The number of hydrogen-bond acceptors (Lipinski definition) is 6. The van der Waals surface area contributed by atoms with Gasteiger partial charge in [-0.2, -0.15) is 0 Å². The number of ether oxygens (including phenoxy) is 2. The van der Waals surface area contributed by atoms with Crippen LogP contribution in [-0.4, -0.2) is 54.0 Å². The molecule has 6 fully saturated rings. The third-order valence-electron chi connectivity index (χ3n) is 11.7. The number of Topliss-reactive ketones (excluding diaryl/α,β-unsaturated/α-hetero) is 1. The van der Waals surface area contributed by atoms with E-state index in [9.17, 15) is 14.4 Å². The van der Waals surface area contributed by atoms with E-state index in [2.05, 4.69) is 25.3 Å². The number of hydrogen-bond donors (Lipinski definition) is 0. The Bertz CT molecular complexity index is 1010. The highest BCUT2D eigenvalue weighted by molar-refractivity contribution is 5.87. The topological polar surface area (TPSA) is 72.9 Å². The zero-order valence-corrected chi connectivity index (χ0v) is 22.5. The maximum atomic E-state index is 13.7. The molecule has 0 radical (unpaired) electrons. The molecule has 1 saturated heterocycles. The molecule has 6 heteroatoms. The summed E-state index contributed by atoms with van der Waals surface area (Å²) in [4.78, 5) is 42.1. The van der Waals surface area contributed by atoms with Gasteiger partial charge in [-0.1, -0.05) is 34.3 Å². The van der Waals surface area contributed by atoms with Crippen molar-refractivity contribution in [2.75, 3.05) is 13.1 Å². The maximum absolute atomic E-state index is 13.7. The second-order valence-electron chi connectivity index (χ2n) is 13.1. The number of carbonyl (C=O) groups excluding carboxylic acids is 3. The molecule has 0 N–H and O–H groups in total. The second kappa shape index (κ2) is 8.15. The van der Waals surface area contributed by atoms with E-state index in [0.29, 0.717) is 31.1 Å². The molecule has 10 atom stereocenters. The van der Waals surface area contributed by atoms with E-state index in [1.54, 1.807) is 0 Å². The summed E-state index contributed by atoms with van der Waals surface area (Å²) in [6, 6.07) is 0.259. The van der Waals surface area contributed by atoms with Crippen molar-refractivity contribution in [1.82, 2.24) is 4.90 Å². The van der Waals surface area contributed by atoms with E-state index < -0.39 is 6.10 Å². The van der Waals surface area contributed by atoms with Crippen LogP contribution in [0.2, 0.25) is 0 Å². The molecule has 1 aliphatic heterocycles. The summed E-state index contributed by atoms with van der Waals surface area (Å²) in [5, 5.41) is 0. The molecular formula is C30H43NO5. The van der Waals surface area contributed by atoms with E-state index in [1.165, 1.54) is 0 Å². The fourth-order valence-corrected chi connectivity index (χ4v) is 10.9. The van der Waals surface area contributed by atoms with Gasteiger partial charge in [-0.05, 0) is 73.8 Å². The number of carbonyl (C=O) groups is 3. The number of ketones is 1. The monoisotopic (exact) mass is 497 g/mol. The molecular weight excluding hydrogens is 454 g/mol. The van der Waals surface area contributed by atoms with E-state index in [1.807, 2.05) is 13.8 Å². The summed E-state index contributed by atoms with van der Waals surface area (Å²) < 4.78 is 12.7. The van der Waals surface area contributed by atoms with E-state index in [0.717, 1.165) is 57.2 Å². The summed E-state index contributed by atoms with van der Waals surface area (Å²) in [6.07, 6.45) is 6.02. The van der Waals surface area contributed by atoms with Crippen molar-refractivity contribution in [1.29, 1.82) is 0 Å². The highest BCUT2D eigenvalue weighted by Gasteiger charge is 2.86. The van der Waals surface area contributed by atoms with Gasteiger partial charge in [-0.25, -0.2) is 0 Å². The number of piperidine rings is 1. The Morgan fingerprint density at radius 3 is 2.44 bits per heavy atom. The van der Waals surface area contributed by atoms with Gasteiger partial charge in [0.15, 0.2) is 0 Å². The predicted octanol–water partition coefficient (Wildman–Crippen LogP) is 4.70. The van der Waals surface area contributed by atoms with Crippen LogP contribution in [0, 0.1) is 39.9 Å². The number of nitrogens with zero attached hydrogens (tertiary/aromatic N) is 1. The van der Waals surface area contributed by atoms with Crippen LogP contribution in [0.1, 0.15) is 85.5 Å². The largest absolute Gasteiger partial charge is 0.462 e. The molecule has 1 heterocycles. The molecule has 198 valence electrons. The van der Waals surface area contributed by atoms with Crippen molar-refractivity contribution in [3.8, 4) is 0 Å². The van der Waals surface area contributed by atoms with Crippen LogP contribution in [0.5, 0.6) is 0 Å². The number of fused-ring (bicyclic) bond motifs is 1. The lowest BCUT2D eigenvalue weighted by Crippen LogP contribution is -2.69. The van der Waals surface area contributed by atoms with Gasteiger partial charge in [0.1, 0.15) is 18.0 Å². The normalized spacial score (nSPS) is 48.2. The third-order valence-corrected chi connectivity index (χ3v) is 11.7.